The normalized spacial score (nSPS) is 10.4. The van der Waals surface area contributed by atoms with Crippen molar-refractivity contribution in [3.63, 3.8) is 0 Å². The summed E-state index contributed by atoms with van der Waals surface area (Å²) in [7, 11) is 0. The summed E-state index contributed by atoms with van der Waals surface area (Å²) in [6, 6.07) is 7.43. The molecule has 0 saturated heterocycles. The molecule has 2 aromatic rings. The number of carbonyl (C=O) groups is 2. The second-order valence-electron chi connectivity index (χ2n) is 3.77. The van der Waals surface area contributed by atoms with E-state index in [2.05, 4.69) is 10.5 Å². The van der Waals surface area contributed by atoms with Gasteiger partial charge in [-0.25, -0.2) is 10.9 Å². The zero-order chi connectivity index (χ0) is 14.4. The van der Waals surface area contributed by atoms with Crippen LogP contribution in [0.4, 0.5) is 0 Å². The minimum atomic E-state index is -0.644. The van der Waals surface area contributed by atoms with Gasteiger partial charge in [-0.05, 0) is 30.3 Å². The van der Waals surface area contributed by atoms with Crippen molar-refractivity contribution in [1.29, 1.82) is 0 Å². The van der Waals surface area contributed by atoms with Crippen LogP contribution in [-0.4, -0.2) is 23.2 Å². The molecule has 0 unspecified atom stereocenters. The zero-order valence-electron chi connectivity index (χ0n) is 10.2. The monoisotopic (exact) mass is 273 g/mol. The fourth-order valence-electron chi connectivity index (χ4n) is 1.42. The van der Waals surface area contributed by atoms with E-state index in [1.165, 1.54) is 48.5 Å². The van der Waals surface area contributed by atoms with E-state index in [0.717, 1.165) is 5.56 Å². The van der Waals surface area contributed by atoms with Crippen LogP contribution in [0.2, 0.25) is 0 Å². The second kappa shape index (κ2) is 6.30. The average Bonchev–Trinajstić information content (AvgIpc) is 2.99. The maximum absolute atomic E-state index is 11.7. The van der Waals surface area contributed by atoms with Gasteiger partial charge in [0.2, 0.25) is 0 Å². The summed E-state index contributed by atoms with van der Waals surface area (Å²) < 4.78 is 4.84. The van der Waals surface area contributed by atoms with Crippen molar-refractivity contribution < 1.29 is 19.2 Å². The first-order chi connectivity index (χ1) is 9.70. The lowest BCUT2D eigenvalue weighted by Gasteiger charge is -2.01. The molecule has 3 N–H and O–H groups in total. The first kappa shape index (κ1) is 13.5. The highest BCUT2D eigenvalue weighted by Crippen LogP contribution is 2.04. The Morgan fingerprint density at radius 3 is 2.30 bits per heavy atom. The van der Waals surface area contributed by atoms with Crippen molar-refractivity contribution in [1.82, 2.24) is 10.9 Å². The third kappa shape index (κ3) is 3.30. The summed E-state index contributed by atoms with van der Waals surface area (Å²) >= 11 is 0. The number of carbonyl (C=O) groups excluding carboxylic acids is 2. The number of amides is 2. The van der Waals surface area contributed by atoms with E-state index in [4.69, 9.17) is 9.62 Å². The average molecular weight is 273 g/mol. The molecule has 7 nitrogen and oxygen atoms in total. The van der Waals surface area contributed by atoms with Crippen LogP contribution in [0, 0.1) is 0 Å². The summed E-state index contributed by atoms with van der Waals surface area (Å²) in [6.45, 7) is 0. The van der Waals surface area contributed by atoms with E-state index in [1.807, 2.05) is 0 Å². The second-order valence-corrected chi connectivity index (χ2v) is 3.77. The molecular weight excluding hydrogens is 262 g/mol. The van der Waals surface area contributed by atoms with Gasteiger partial charge in [0.15, 0.2) is 0 Å². The lowest BCUT2D eigenvalue weighted by molar-refractivity contribution is 0.0706. The molecule has 0 bridgehead atoms. The number of hydrogen-bond acceptors (Lipinski definition) is 5. The van der Waals surface area contributed by atoms with Crippen molar-refractivity contribution in [2.24, 2.45) is 5.10 Å². The highest BCUT2D eigenvalue weighted by atomic mass is 16.5. The van der Waals surface area contributed by atoms with Crippen LogP contribution in [0.3, 0.4) is 0 Å². The summed E-state index contributed by atoms with van der Waals surface area (Å²) in [5, 5.41) is 12.2. The van der Waals surface area contributed by atoms with Crippen LogP contribution >= 0.6 is 0 Å². The third-order valence-corrected chi connectivity index (χ3v) is 2.43. The van der Waals surface area contributed by atoms with Crippen molar-refractivity contribution in [2.45, 2.75) is 0 Å². The van der Waals surface area contributed by atoms with Crippen molar-refractivity contribution in [2.75, 3.05) is 0 Å². The van der Waals surface area contributed by atoms with E-state index in [0.29, 0.717) is 5.56 Å². The molecule has 0 spiro atoms. The maximum Gasteiger partial charge on any atom is 0.274 e. The minimum absolute atomic E-state index is 0.242. The molecule has 1 aromatic heterocycles. The Bertz CT molecular complexity index is 618. The van der Waals surface area contributed by atoms with Crippen molar-refractivity contribution in [3.8, 4) is 0 Å². The Kier molecular flexibility index (Phi) is 4.25. The Balaban J connectivity index is 1.97. The molecule has 0 aliphatic heterocycles. The molecule has 102 valence electrons. The Morgan fingerprint density at radius 1 is 1.10 bits per heavy atom. The molecule has 0 aliphatic carbocycles. The molecule has 0 radical (unpaired) electrons. The Morgan fingerprint density at radius 2 is 1.75 bits per heavy atom. The Labute approximate surface area is 113 Å². The van der Waals surface area contributed by atoms with Gasteiger partial charge in [0.1, 0.15) is 0 Å². The number of hydroxylamine groups is 1. The van der Waals surface area contributed by atoms with Gasteiger partial charge in [-0.15, -0.1) is 0 Å². The SMILES string of the molecule is O=C(NO)c1ccc(C(=O)N/N=C/c2ccoc2)cc1. The molecule has 2 amide bonds. The Hall–Kier alpha value is -2.93. The van der Waals surface area contributed by atoms with Crippen molar-refractivity contribution >= 4 is 18.0 Å². The van der Waals surface area contributed by atoms with Gasteiger partial charge in [0, 0.05) is 16.7 Å². The lowest BCUT2D eigenvalue weighted by atomic mass is 10.1. The van der Waals surface area contributed by atoms with Gasteiger partial charge < -0.3 is 4.42 Å². The first-order valence-electron chi connectivity index (χ1n) is 5.61. The summed E-state index contributed by atoms with van der Waals surface area (Å²) in [5.41, 5.74) is 5.15. The summed E-state index contributed by atoms with van der Waals surface area (Å²) in [5.74, 6) is -1.06. The zero-order valence-corrected chi connectivity index (χ0v) is 10.2. The quantitative estimate of drug-likeness (QED) is 0.441. The van der Waals surface area contributed by atoms with Crippen LogP contribution in [0.25, 0.3) is 0 Å². The highest BCUT2D eigenvalue weighted by Gasteiger charge is 2.07. The van der Waals surface area contributed by atoms with Gasteiger partial charge in [-0.2, -0.15) is 5.10 Å². The molecule has 1 aromatic carbocycles. The smallest absolute Gasteiger partial charge is 0.274 e. The number of furan rings is 1. The summed E-state index contributed by atoms with van der Waals surface area (Å²) in [6.07, 6.45) is 4.42. The van der Waals surface area contributed by atoms with Crippen LogP contribution in [0.15, 0.2) is 52.4 Å². The maximum atomic E-state index is 11.7. The predicted molar refractivity (Wildman–Crippen MR) is 69.5 cm³/mol. The number of nitrogens with zero attached hydrogens (tertiary/aromatic N) is 1. The topological polar surface area (TPSA) is 104 Å². The van der Waals surface area contributed by atoms with E-state index in [-0.39, 0.29) is 5.56 Å². The number of nitrogens with one attached hydrogen (secondary N) is 2. The van der Waals surface area contributed by atoms with E-state index in [1.54, 1.807) is 6.07 Å². The van der Waals surface area contributed by atoms with Gasteiger partial charge in [0.25, 0.3) is 11.8 Å². The largest absolute Gasteiger partial charge is 0.472 e. The lowest BCUT2D eigenvalue weighted by Crippen LogP contribution is -2.20. The van der Waals surface area contributed by atoms with Gasteiger partial charge in [-0.3, -0.25) is 14.8 Å². The fourth-order valence-corrected chi connectivity index (χ4v) is 1.42. The number of hydrogen-bond donors (Lipinski definition) is 3. The molecule has 1 heterocycles. The summed E-state index contributed by atoms with van der Waals surface area (Å²) in [4.78, 5) is 22.8. The van der Waals surface area contributed by atoms with E-state index in [9.17, 15) is 9.59 Å². The predicted octanol–water partition coefficient (Wildman–Crippen LogP) is 1.16. The number of rotatable bonds is 4. The van der Waals surface area contributed by atoms with Crippen LogP contribution in [0.1, 0.15) is 26.3 Å². The van der Waals surface area contributed by atoms with E-state index < -0.39 is 11.8 Å². The fraction of sp³-hybridized carbons (Fsp3) is 0. The third-order valence-electron chi connectivity index (χ3n) is 2.43. The number of benzene rings is 1. The van der Waals surface area contributed by atoms with Crippen LogP contribution < -0.4 is 10.9 Å². The van der Waals surface area contributed by atoms with Gasteiger partial charge >= 0.3 is 0 Å². The molecule has 0 atom stereocenters. The standard InChI is InChI=1S/C13H11N3O4/c17-12(15-14-7-9-5-6-20-8-9)10-1-3-11(4-2-10)13(18)16-19/h1-8,19H,(H,15,17)(H,16,18)/b14-7+. The molecule has 7 heteroatoms. The van der Waals surface area contributed by atoms with E-state index >= 15 is 0 Å². The van der Waals surface area contributed by atoms with Crippen LogP contribution in [0.5, 0.6) is 0 Å². The number of hydrazone groups is 1. The van der Waals surface area contributed by atoms with Crippen molar-refractivity contribution in [3.05, 3.63) is 59.5 Å². The molecule has 0 aliphatic rings. The van der Waals surface area contributed by atoms with Gasteiger partial charge in [-0.1, -0.05) is 0 Å². The highest BCUT2D eigenvalue weighted by molar-refractivity contribution is 5.97. The molecule has 20 heavy (non-hydrogen) atoms. The first-order valence-corrected chi connectivity index (χ1v) is 5.61. The molecule has 2 rings (SSSR count). The molecule has 0 fully saturated rings. The van der Waals surface area contributed by atoms with Gasteiger partial charge in [0.05, 0.1) is 18.7 Å². The molecule has 0 saturated carbocycles. The molecular formula is C13H11N3O4. The van der Waals surface area contributed by atoms with Crippen LogP contribution in [-0.2, 0) is 0 Å². The minimum Gasteiger partial charge on any atom is -0.472 e.